The lowest BCUT2D eigenvalue weighted by atomic mass is 10.2. The Bertz CT molecular complexity index is 826. The SMILES string of the molecule is COc1ccc(NC(=O)c2ccc(NC(=O)C[NH+]3C[C@@H](C)O[C@H](C)C3)cc2)cc1. The van der Waals surface area contributed by atoms with Crippen LogP contribution in [0.4, 0.5) is 11.4 Å². The molecule has 2 amide bonds. The van der Waals surface area contributed by atoms with Crippen molar-refractivity contribution in [1.82, 2.24) is 0 Å². The average Bonchev–Trinajstić information content (AvgIpc) is 2.68. The first-order valence-electron chi connectivity index (χ1n) is 9.77. The highest BCUT2D eigenvalue weighted by Crippen LogP contribution is 2.16. The quantitative estimate of drug-likeness (QED) is 0.690. The summed E-state index contributed by atoms with van der Waals surface area (Å²) in [6.07, 6.45) is 0.315. The maximum atomic E-state index is 12.4. The highest BCUT2D eigenvalue weighted by molar-refractivity contribution is 6.04. The molecule has 0 unspecified atom stereocenters. The minimum atomic E-state index is -0.214. The Morgan fingerprint density at radius 2 is 1.52 bits per heavy atom. The van der Waals surface area contributed by atoms with Crippen LogP contribution in [0.2, 0.25) is 0 Å². The van der Waals surface area contributed by atoms with Gasteiger partial charge in [0.25, 0.3) is 11.8 Å². The molecular weight excluding hydrogens is 370 g/mol. The van der Waals surface area contributed by atoms with Crippen LogP contribution in [0.25, 0.3) is 0 Å². The monoisotopic (exact) mass is 398 g/mol. The number of anilines is 2. The summed E-state index contributed by atoms with van der Waals surface area (Å²) in [5, 5.41) is 5.74. The highest BCUT2D eigenvalue weighted by Gasteiger charge is 2.27. The molecule has 0 spiro atoms. The molecule has 1 saturated heterocycles. The van der Waals surface area contributed by atoms with E-state index in [0.717, 1.165) is 18.8 Å². The molecule has 0 aromatic heterocycles. The molecule has 29 heavy (non-hydrogen) atoms. The predicted octanol–water partition coefficient (Wildman–Crippen LogP) is 1.58. The second kappa shape index (κ2) is 9.54. The minimum Gasteiger partial charge on any atom is -0.497 e. The lowest BCUT2D eigenvalue weighted by molar-refractivity contribution is -0.907. The van der Waals surface area contributed by atoms with E-state index < -0.39 is 0 Å². The van der Waals surface area contributed by atoms with Crippen molar-refractivity contribution in [2.45, 2.75) is 26.1 Å². The summed E-state index contributed by atoms with van der Waals surface area (Å²) in [5.74, 6) is 0.469. The van der Waals surface area contributed by atoms with Crippen LogP contribution in [-0.2, 0) is 9.53 Å². The molecule has 3 N–H and O–H groups in total. The Kier molecular flexibility index (Phi) is 6.85. The van der Waals surface area contributed by atoms with Crippen LogP contribution >= 0.6 is 0 Å². The van der Waals surface area contributed by atoms with E-state index in [4.69, 9.17) is 9.47 Å². The number of rotatable bonds is 6. The third kappa shape index (κ3) is 6.04. The van der Waals surface area contributed by atoms with E-state index >= 15 is 0 Å². The lowest BCUT2D eigenvalue weighted by Gasteiger charge is -2.31. The fourth-order valence-electron chi connectivity index (χ4n) is 3.55. The number of methoxy groups -OCH3 is 1. The van der Waals surface area contributed by atoms with Gasteiger partial charge in [0.05, 0.1) is 7.11 Å². The topological polar surface area (TPSA) is 81.1 Å². The van der Waals surface area contributed by atoms with Crippen molar-refractivity contribution in [3.63, 3.8) is 0 Å². The Morgan fingerprint density at radius 3 is 2.10 bits per heavy atom. The van der Waals surface area contributed by atoms with Gasteiger partial charge in [-0.25, -0.2) is 0 Å². The van der Waals surface area contributed by atoms with Crippen LogP contribution in [0, 0.1) is 0 Å². The summed E-state index contributed by atoms with van der Waals surface area (Å²) < 4.78 is 10.8. The van der Waals surface area contributed by atoms with Gasteiger partial charge in [0.15, 0.2) is 6.54 Å². The van der Waals surface area contributed by atoms with Crippen LogP contribution < -0.4 is 20.3 Å². The first-order chi connectivity index (χ1) is 13.9. The minimum absolute atomic E-state index is 0.0447. The molecule has 3 rings (SSSR count). The third-order valence-corrected chi connectivity index (χ3v) is 4.81. The van der Waals surface area contributed by atoms with Gasteiger partial charge >= 0.3 is 0 Å². The summed E-state index contributed by atoms with van der Waals surface area (Å²) >= 11 is 0. The zero-order valence-electron chi connectivity index (χ0n) is 17.0. The van der Waals surface area contributed by atoms with Crippen LogP contribution in [0.1, 0.15) is 24.2 Å². The molecule has 7 heteroatoms. The van der Waals surface area contributed by atoms with E-state index in [1.54, 1.807) is 55.6 Å². The van der Waals surface area contributed by atoms with Gasteiger partial charge in [0, 0.05) is 16.9 Å². The van der Waals surface area contributed by atoms with Crippen LogP contribution in [-0.4, -0.2) is 50.8 Å². The zero-order chi connectivity index (χ0) is 20.8. The molecule has 0 radical (unpaired) electrons. The van der Waals surface area contributed by atoms with Gasteiger partial charge in [0.1, 0.15) is 31.0 Å². The lowest BCUT2D eigenvalue weighted by Crippen LogP contribution is -3.16. The number of nitrogens with one attached hydrogen (secondary N) is 3. The number of morpholine rings is 1. The van der Waals surface area contributed by atoms with Crippen molar-refractivity contribution in [1.29, 1.82) is 0 Å². The van der Waals surface area contributed by atoms with Crippen LogP contribution in [0.3, 0.4) is 0 Å². The number of carbonyl (C=O) groups is 2. The average molecular weight is 398 g/mol. The fraction of sp³-hybridized carbons (Fsp3) is 0.364. The molecule has 2 aromatic rings. The maximum Gasteiger partial charge on any atom is 0.279 e. The van der Waals surface area contributed by atoms with Crippen molar-refractivity contribution >= 4 is 23.2 Å². The van der Waals surface area contributed by atoms with E-state index in [-0.39, 0.29) is 24.0 Å². The summed E-state index contributed by atoms with van der Waals surface area (Å²) in [6, 6.07) is 14.0. The largest absolute Gasteiger partial charge is 0.497 e. The first-order valence-corrected chi connectivity index (χ1v) is 9.77. The Balaban J connectivity index is 1.52. The number of benzene rings is 2. The predicted molar refractivity (Wildman–Crippen MR) is 112 cm³/mol. The smallest absolute Gasteiger partial charge is 0.279 e. The molecule has 0 bridgehead atoms. The van der Waals surface area contributed by atoms with Gasteiger partial charge in [-0.15, -0.1) is 0 Å². The molecule has 2 atom stereocenters. The summed E-state index contributed by atoms with van der Waals surface area (Å²) in [5.41, 5.74) is 1.87. The van der Waals surface area contributed by atoms with Gasteiger partial charge in [-0.3, -0.25) is 9.59 Å². The van der Waals surface area contributed by atoms with Gasteiger partial charge in [-0.2, -0.15) is 0 Å². The van der Waals surface area contributed by atoms with Crippen LogP contribution in [0.15, 0.2) is 48.5 Å². The first kappa shape index (κ1) is 20.8. The second-order valence-corrected chi connectivity index (χ2v) is 7.40. The van der Waals surface area contributed by atoms with E-state index in [2.05, 4.69) is 10.6 Å². The second-order valence-electron chi connectivity index (χ2n) is 7.40. The molecule has 154 valence electrons. The molecule has 0 saturated carbocycles. The molecule has 1 aliphatic heterocycles. The maximum absolute atomic E-state index is 12.4. The van der Waals surface area contributed by atoms with Gasteiger partial charge in [-0.05, 0) is 62.4 Å². The number of hydrogen-bond donors (Lipinski definition) is 3. The van der Waals surface area contributed by atoms with Gasteiger partial charge < -0.3 is 25.0 Å². The standard InChI is InChI=1S/C22H27N3O4/c1-15-12-25(13-16(2)29-15)14-21(26)23-18-6-4-17(5-7-18)22(27)24-19-8-10-20(28-3)11-9-19/h4-11,15-16H,12-14H2,1-3H3,(H,23,26)(H,24,27)/p+1/t15-,16-/m1/s1. The number of hydrogen-bond acceptors (Lipinski definition) is 4. The molecule has 1 fully saturated rings. The van der Waals surface area contributed by atoms with Crippen molar-refractivity contribution in [2.24, 2.45) is 0 Å². The normalized spacial score (nSPS) is 21.3. The Hall–Kier alpha value is -2.90. The molecule has 0 aliphatic carbocycles. The van der Waals surface area contributed by atoms with E-state index in [1.807, 2.05) is 13.8 Å². The van der Waals surface area contributed by atoms with Gasteiger partial charge in [-0.1, -0.05) is 0 Å². The molecule has 1 heterocycles. The Morgan fingerprint density at radius 1 is 0.966 bits per heavy atom. The highest BCUT2D eigenvalue weighted by atomic mass is 16.5. The number of carbonyl (C=O) groups excluding carboxylic acids is 2. The van der Waals surface area contributed by atoms with E-state index in [0.29, 0.717) is 23.5 Å². The Labute approximate surface area is 171 Å². The van der Waals surface area contributed by atoms with Crippen molar-refractivity contribution < 1.29 is 24.0 Å². The zero-order valence-corrected chi connectivity index (χ0v) is 17.0. The van der Waals surface area contributed by atoms with Crippen LogP contribution in [0.5, 0.6) is 5.75 Å². The van der Waals surface area contributed by atoms with Crippen molar-refractivity contribution in [2.75, 3.05) is 37.4 Å². The number of ether oxygens (including phenoxy) is 2. The molecule has 7 nitrogen and oxygen atoms in total. The van der Waals surface area contributed by atoms with E-state index in [1.165, 1.54) is 4.90 Å². The molecule has 2 aromatic carbocycles. The summed E-state index contributed by atoms with van der Waals surface area (Å²) in [7, 11) is 1.59. The summed E-state index contributed by atoms with van der Waals surface area (Å²) in [6.45, 7) is 6.11. The van der Waals surface area contributed by atoms with Gasteiger partial charge in [0.2, 0.25) is 0 Å². The fourth-order valence-corrected chi connectivity index (χ4v) is 3.55. The third-order valence-electron chi connectivity index (χ3n) is 4.81. The molecular formula is C22H28N3O4+. The number of quaternary nitrogens is 1. The molecule has 1 aliphatic rings. The van der Waals surface area contributed by atoms with E-state index in [9.17, 15) is 9.59 Å². The number of amides is 2. The van der Waals surface area contributed by atoms with Crippen molar-refractivity contribution in [3.8, 4) is 5.75 Å². The van der Waals surface area contributed by atoms with Crippen molar-refractivity contribution in [3.05, 3.63) is 54.1 Å². The summed E-state index contributed by atoms with van der Waals surface area (Å²) in [4.78, 5) is 25.9.